The van der Waals surface area contributed by atoms with Crippen molar-refractivity contribution >= 4 is 5.91 Å². The summed E-state index contributed by atoms with van der Waals surface area (Å²) in [5, 5.41) is 12.2. The highest BCUT2D eigenvalue weighted by Crippen LogP contribution is 2.22. The van der Waals surface area contributed by atoms with E-state index in [0.29, 0.717) is 19.1 Å². The third kappa shape index (κ3) is 8.14. The first-order valence-corrected chi connectivity index (χ1v) is 10.5. The summed E-state index contributed by atoms with van der Waals surface area (Å²) in [5.41, 5.74) is 1.57. The fourth-order valence-electron chi connectivity index (χ4n) is 3.37. The highest BCUT2D eigenvalue weighted by atomic mass is 16.5. The second-order valence-electron chi connectivity index (χ2n) is 7.40. The van der Waals surface area contributed by atoms with E-state index in [2.05, 4.69) is 41.4 Å². The molecule has 0 unspecified atom stereocenters. The van der Waals surface area contributed by atoms with Gasteiger partial charge in [0.1, 0.15) is 11.6 Å². The number of nitrogens with one attached hydrogen (secondary N) is 1. The van der Waals surface area contributed by atoms with Crippen LogP contribution >= 0.6 is 0 Å². The Bertz CT molecular complexity index is 644. The molecule has 1 aliphatic heterocycles. The topological polar surface area (TPSA) is 65.4 Å². The zero-order chi connectivity index (χ0) is 20.0. The number of ether oxygens (including phenoxy) is 1. The Morgan fingerprint density at radius 3 is 2.64 bits per heavy atom. The third-order valence-electron chi connectivity index (χ3n) is 5.09. The van der Waals surface area contributed by atoms with Crippen molar-refractivity contribution in [1.82, 2.24) is 10.2 Å². The number of benzene rings is 1. The highest BCUT2D eigenvalue weighted by Gasteiger charge is 2.19. The van der Waals surface area contributed by atoms with Gasteiger partial charge in [-0.05, 0) is 43.6 Å². The molecule has 0 spiro atoms. The Hall–Kier alpha value is -2.32. The van der Waals surface area contributed by atoms with Crippen LogP contribution in [-0.2, 0) is 16.0 Å². The lowest BCUT2D eigenvalue weighted by atomic mass is 9.90. The summed E-state index contributed by atoms with van der Waals surface area (Å²) in [4.78, 5) is 14.3. The molecule has 2 rings (SSSR count). The van der Waals surface area contributed by atoms with Crippen molar-refractivity contribution < 1.29 is 9.53 Å². The first-order chi connectivity index (χ1) is 13.7. The van der Waals surface area contributed by atoms with Crippen LogP contribution in [0.25, 0.3) is 0 Å². The van der Waals surface area contributed by atoms with Gasteiger partial charge in [-0.3, -0.25) is 4.79 Å². The lowest BCUT2D eigenvalue weighted by Gasteiger charge is -2.31. The molecular formula is C23H33N3O2. The zero-order valence-corrected chi connectivity index (χ0v) is 17.0. The van der Waals surface area contributed by atoms with Crippen LogP contribution in [0.5, 0.6) is 0 Å². The van der Waals surface area contributed by atoms with Crippen molar-refractivity contribution in [2.75, 3.05) is 32.8 Å². The van der Waals surface area contributed by atoms with Gasteiger partial charge in [0.25, 0.3) is 5.91 Å². The van der Waals surface area contributed by atoms with Crippen molar-refractivity contribution in [2.45, 2.75) is 45.4 Å². The number of nitrogens with zero attached hydrogens (tertiary/aromatic N) is 2. The van der Waals surface area contributed by atoms with E-state index in [1.54, 1.807) is 6.20 Å². The lowest BCUT2D eigenvalue weighted by molar-refractivity contribution is -0.117. The normalized spacial score (nSPS) is 15.3. The van der Waals surface area contributed by atoms with Gasteiger partial charge in [-0.25, -0.2) is 0 Å². The fraction of sp³-hybridized carbons (Fsp3) is 0.565. The second-order valence-corrected chi connectivity index (χ2v) is 7.40. The van der Waals surface area contributed by atoms with Crippen molar-refractivity contribution in [3.63, 3.8) is 0 Å². The van der Waals surface area contributed by atoms with Gasteiger partial charge in [-0.1, -0.05) is 43.7 Å². The summed E-state index contributed by atoms with van der Waals surface area (Å²) >= 11 is 0. The van der Waals surface area contributed by atoms with Crippen LogP contribution in [0.2, 0.25) is 0 Å². The van der Waals surface area contributed by atoms with E-state index in [4.69, 9.17) is 4.74 Å². The number of unbranched alkanes of at least 4 members (excludes halogenated alkanes) is 1. The Morgan fingerprint density at radius 1 is 1.25 bits per heavy atom. The molecular weight excluding hydrogens is 350 g/mol. The zero-order valence-electron chi connectivity index (χ0n) is 17.0. The number of hydrogen-bond acceptors (Lipinski definition) is 4. The Kier molecular flexibility index (Phi) is 10.2. The molecule has 5 nitrogen and oxygen atoms in total. The molecule has 1 aliphatic rings. The quantitative estimate of drug-likeness (QED) is 0.360. The summed E-state index contributed by atoms with van der Waals surface area (Å²) in [5.74, 6) is 0.376. The van der Waals surface area contributed by atoms with E-state index in [-0.39, 0.29) is 11.5 Å². The average Bonchev–Trinajstić information content (AvgIpc) is 2.73. The number of likely N-dealkylation sites (tertiary alicyclic amines) is 1. The molecule has 1 heterocycles. The molecule has 1 aromatic rings. The summed E-state index contributed by atoms with van der Waals surface area (Å²) in [7, 11) is 0. The number of nitriles is 1. The van der Waals surface area contributed by atoms with Gasteiger partial charge < -0.3 is 15.0 Å². The molecule has 0 radical (unpaired) electrons. The van der Waals surface area contributed by atoms with Gasteiger partial charge in [0.2, 0.25) is 0 Å². The largest absolute Gasteiger partial charge is 0.381 e. The molecule has 1 amide bonds. The van der Waals surface area contributed by atoms with Crippen LogP contribution in [0, 0.1) is 17.2 Å². The maximum Gasteiger partial charge on any atom is 0.263 e. The predicted molar refractivity (Wildman–Crippen MR) is 111 cm³/mol. The summed E-state index contributed by atoms with van der Waals surface area (Å²) < 4.78 is 5.48. The summed E-state index contributed by atoms with van der Waals surface area (Å²) in [6.45, 7) is 5.85. The summed E-state index contributed by atoms with van der Waals surface area (Å²) in [6, 6.07) is 12.6. The molecule has 0 saturated carbocycles. The third-order valence-corrected chi connectivity index (χ3v) is 5.09. The lowest BCUT2D eigenvalue weighted by Crippen LogP contribution is -2.32. The van der Waals surface area contributed by atoms with Gasteiger partial charge in [0.05, 0.1) is 0 Å². The number of piperidine rings is 1. The number of carbonyl (C=O) groups is 1. The van der Waals surface area contributed by atoms with Crippen LogP contribution < -0.4 is 5.32 Å². The van der Waals surface area contributed by atoms with Gasteiger partial charge in [0.15, 0.2) is 0 Å². The highest BCUT2D eigenvalue weighted by molar-refractivity contribution is 5.97. The van der Waals surface area contributed by atoms with E-state index in [1.165, 1.54) is 5.56 Å². The second kappa shape index (κ2) is 13.0. The van der Waals surface area contributed by atoms with Crippen molar-refractivity contribution in [3.8, 4) is 6.07 Å². The van der Waals surface area contributed by atoms with E-state index < -0.39 is 0 Å². The van der Waals surface area contributed by atoms with Gasteiger partial charge >= 0.3 is 0 Å². The van der Waals surface area contributed by atoms with Crippen LogP contribution in [0.4, 0.5) is 0 Å². The molecule has 0 bridgehead atoms. The van der Waals surface area contributed by atoms with Gasteiger partial charge in [-0.15, -0.1) is 0 Å². The SMILES string of the molecule is CCCCOCCCNC(=O)/C(C#N)=C\N1CCC(Cc2ccccc2)CC1. The Labute approximate surface area is 169 Å². The molecule has 1 fully saturated rings. The van der Waals surface area contributed by atoms with E-state index in [9.17, 15) is 10.1 Å². The van der Waals surface area contributed by atoms with Crippen molar-refractivity contribution in [2.24, 2.45) is 5.92 Å². The van der Waals surface area contributed by atoms with Crippen LogP contribution in [0.1, 0.15) is 44.6 Å². The number of hydrogen-bond donors (Lipinski definition) is 1. The molecule has 1 N–H and O–H groups in total. The number of rotatable bonds is 11. The number of amides is 1. The average molecular weight is 384 g/mol. The van der Waals surface area contributed by atoms with E-state index in [1.807, 2.05) is 12.1 Å². The molecule has 1 aromatic carbocycles. The maximum atomic E-state index is 12.2. The van der Waals surface area contributed by atoms with Crippen molar-refractivity contribution in [3.05, 3.63) is 47.7 Å². The molecule has 0 atom stereocenters. The van der Waals surface area contributed by atoms with Crippen LogP contribution in [0.3, 0.4) is 0 Å². The van der Waals surface area contributed by atoms with Crippen molar-refractivity contribution in [1.29, 1.82) is 5.26 Å². The van der Waals surface area contributed by atoms with Gasteiger partial charge in [-0.2, -0.15) is 5.26 Å². The minimum Gasteiger partial charge on any atom is -0.381 e. The smallest absolute Gasteiger partial charge is 0.263 e. The van der Waals surface area contributed by atoms with E-state index >= 15 is 0 Å². The standard InChI is InChI=1S/C23H33N3O2/c1-2-3-15-28-16-7-12-25-23(27)22(18-24)19-26-13-10-21(11-14-26)17-20-8-5-4-6-9-20/h4-6,8-9,19,21H,2-3,7,10-17H2,1H3,(H,25,27)/b22-19-. The van der Waals surface area contributed by atoms with Crippen LogP contribution in [0.15, 0.2) is 42.1 Å². The van der Waals surface area contributed by atoms with Crippen LogP contribution in [-0.4, -0.2) is 43.7 Å². The molecule has 5 heteroatoms. The molecule has 1 saturated heterocycles. The maximum absolute atomic E-state index is 12.2. The summed E-state index contributed by atoms with van der Waals surface area (Å²) in [6.07, 6.45) is 7.95. The number of carbonyl (C=O) groups excluding carboxylic acids is 1. The molecule has 0 aliphatic carbocycles. The van der Waals surface area contributed by atoms with Gasteiger partial charge in [0, 0.05) is 39.0 Å². The minimum atomic E-state index is -0.289. The first kappa shape index (κ1) is 22.0. The predicted octanol–water partition coefficient (Wildman–Crippen LogP) is 3.67. The first-order valence-electron chi connectivity index (χ1n) is 10.5. The monoisotopic (exact) mass is 383 g/mol. The molecule has 28 heavy (non-hydrogen) atoms. The molecule has 0 aromatic heterocycles. The fourth-order valence-corrected chi connectivity index (χ4v) is 3.37. The molecule has 152 valence electrons. The minimum absolute atomic E-state index is 0.188. The Balaban J connectivity index is 1.69. The Morgan fingerprint density at radius 2 is 1.96 bits per heavy atom. The van der Waals surface area contributed by atoms with E-state index in [0.717, 1.165) is 58.2 Å².